The highest BCUT2D eigenvalue weighted by Crippen LogP contribution is 2.43. The van der Waals surface area contributed by atoms with Gasteiger partial charge in [0.25, 0.3) is 0 Å². The molecule has 1 N–H and O–H groups in total. The lowest BCUT2D eigenvalue weighted by molar-refractivity contribution is 0.0929. The number of hydrazone groups is 1. The number of carbonyl (C=O) groups is 1. The van der Waals surface area contributed by atoms with E-state index in [0.29, 0.717) is 17.3 Å². The lowest BCUT2D eigenvalue weighted by Gasteiger charge is -2.45. The van der Waals surface area contributed by atoms with E-state index in [1.165, 1.54) is 11.3 Å². The van der Waals surface area contributed by atoms with Gasteiger partial charge in [-0.1, -0.05) is 19.1 Å². The van der Waals surface area contributed by atoms with Crippen molar-refractivity contribution in [2.75, 3.05) is 19.1 Å². The Bertz CT molecular complexity index is 1180. The third-order valence-electron chi connectivity index (χ3n) is 6.34. The standard InChI is InChI=1S/C25H29N3O3/c1-15-10-20-19(16(2)13-25(3,4)28(20)5)11-18(15)14-26-27-24(29)22-12-17-8-7-9-21(30-6)23(17)31-22/h7-12,14,16H,13H2,1-6H3,(H,27,29)/b26-14-. The number of hydrogen-bond donors (Lipinski definition) is 1. The Morgan fingerprint density at radius 2 is 2.10 bits per heavy atom. The number of ether oxygens (including phenoxy) is 1. The Morgan fingerprint density at radius 1 is 1.32 bits per heavy atom. The molecule has 0 radical (unpaired) electrons. The Balaban J connectivity index is 1.54. The predicted octanol–water partition coefficient (Wildman–Crippen LogP) is 5.24. The second kappa shape index (κ2) is 7.76. The van der Waals surface area contributed by atoms with E-state index in [4.69, 9.17) is 9.15 Å². The van der Waals surface area contributed by atoms with Gasteiger partial charge in [0.05, 0.1) is 13.3 Å². The molecule has 1 aromatic heterocycles. The van der Waals surface area contributed by atoms with Crippen LogP contribution in [0, 0.1) is 6.92 Å². The summed E-state index contributed by atoms with van der Waals surface area (Å²) in [5.41, 5.74) is 7.92. The highest BCUT2D eigenvalue weighted by molar-refractivity contribution is 5.97. The average molecular weight is 420 g/mol. The van der Waals surface area contributed by atoms with Gasteiger partial charge in [-0.05, 0) is 74.1 Å². The molecular weight excluding hydrogens is 390 g/mol. The zero-order valence-electron chi connectivity index (χ0n) is 18.9. The van der Waals surface area contributed by atoms with Gasteiger partial charge in [-0.2, -0.15) is 5.10 Å². The normalized spacial score (nSPS) is 17.7. The van der Waals surface area contributed by atoms with E-state index in [-0.39, 0.29) is 11.3 Å². The second-order valence-electron chi connectivity index (χ2n) is 8.93. The number of anilines is 1. The molecule has 1 aliphatic heterocycles. The molecule has 31 heavy (non-hydrogen) atoms. The molecule has 0 aliphatic carbocycles. The summed E-state index contributed by atoms with van der Waals surface area (Å²) >= 11 is 0. The molecule has 0 saturated carbocycles. The first-order valence-corrected chi connectivity index (χ1v) is 10.5. The average Bonchev–Trinajstić information content (AvgIpc) is 3.17. The Morgan fingerprint density at radius 3 is 2.84 bits per heavy atom. The van der Waals surface area contributed by atoms with E-state index in [1.807, 2.05) is 12.1 Å². The molecule has 1 unspecified atom stereocenters. The number of carbonyl (C=O) groups excluding carboxylic acids is 1. The van der Waals surface area contributed by atoms with Crippen LogP contribution in [0.5, 0.6) is 5.75 Å². The van der Waals surface area contributed by atoms with Crippen LogP contribution in [0.3, 0.4) is 0 Å². The lowest BCUT2D eigenvalue weighted by atomic mass is 9.79. The van der Waals surface area contributed by atoms with Crippen molar-refractivity contribution in [1.82, 2.24) is 5.43 Å². The van der Waals surface area contributed by atoms with Gasteiger partial charge in [-0.25, -0.2) is 5.43 Å². The number of hydrogen-bond acceptors (Lipinski definition) is 5. The van der Waals surface area contributed by atoms with Crippen molar-refractivity contribution in [2.24, 2.45) is 5.10 Å². The van der Waals surface area contributed by atoms with Crippen molar-refractivity contribution in [2.45, 2.75) is 45.6 Å². The van der Waals surface area contributed by atoms with Crippen LogP contribution in [0.2, 0.25) is 0 Å². The number of para-hydroxylation sites is 1. The van der Waals surface area contributed by atoms with Crippen molar-refractivity contribution < 1.29 is 13.9 Å². The minimum absolute atomic E-state index is 0.123. The number of nitrogens with zero attached hydrogens (tertiary/aromatic N) is 2. The fraction of sp³-hybridized carbons (Fsp3) is 0.360. The maximum absolute atomic E-state index is 12.5. The number of fused-ring (bicyclic) bond motifs is 2. The van der Waals surface area contributed by atoms with E-state index in [2.05, 4.69) is 62.3 Å². The quantitative estimate of drug-likeness (QED) is 0.464. The summed E-state index contributed by atoms with van der Waals surface area (Å²) in [4.78, 5) is 14.9. The van der Waals surface area contributed by atoms with Crippen LogP contribution in [0.1, 0.15) is 60.4 Å². The highest BCUT2D eigenvalue weighted by Gasteiger charge is 2.34. The van der Waals surface area contributed by atoms with Gasteiger partial charge in [0.15, 0.2) is 17.1 Å². The SMILES string of the molecule is COc1cccc2cc(C(=O)N/N=C\c3cc4c(cc3C)N(C)C(C)(C)CC4C)oc12. The first-order chi connectivity index (χ1) is 14.7. The summed E-state index contributed by atoms with van der Waals surface area (Å²) in [7, 11) is 3.72. The molecule has 0 bridgehead atoms. The first-order valence-electron chi connectivity index (χ1n) is 10.5. The molecule has 0 fully saturated rings. The van der Waals surface area contributed by atoms with Crippen molar-refractivity contribution in [1.29, 1.82) is 0 Å². The molecule has 2 aromatic carbocycles. The summed E-state index contributed by atoms with van der Waals surface area (Å²) in [6.07, 6.45) is 2.78. The van der Waals surface area contributed by atoms with Gasteiger partial charge in [0, 0.05) is 23.7 Å². The molecule has 3 aromatic rings. The summed E-state index contributed by atoms with van der Waals surface area (Å²) in [6, 6.07) is 11.6. The fourth-order valence-electron chi connectivity index (χ4n) is 4.40. The molecule has 0 spiro atoms. The minimum Gasteiger partial charge on any atom is -0.493 e. The Labute approximate surface area is 182 Å². The van der Waals surface area contributed by atoms with Crippen LogP contribution in [0.4, 0.5) is 5.69 Å². The van der Waals surface area contributed by atoms with Gasteiger partial charge < -0.3 is 14.1 Å². The number of rotatable bonds is 4. The van der Waals surface area contributed by atoms with Gasteiger partial charge in [-0.15, -0.1) is 0 Å². The van der Waals surface area contributed by atoms with Gasteiger partial charge in [-0.3, -0.25) is 4.79 Å². The largest absolute Gasteiger partial charge is 0.493 e. The Kier molecular flexibility index (Phi) is 5.25. The van der Waals surface area contributed by atoms with Gasteiger partial charge in [0.2, 0.25) is 0 Å². The molecule has 6 nitrogen and oxygen atoms in total. The van der Waals surface area contributed by atoms with Gasteiger partial charge >= 0.3 is 5.91 Å². The monoisotopic (exact) mass is 419 g/mol. The summed E-state index contributed by atoms with van der Waals surface area (Å²) < 4.78 is 11.0. The maximum Gasteiger partial charge on any atom is 0.307 e. The number of benzene rings is 2. The van der Waals surface area contributed by atoms with E-state index >= 15 is 0 Å². The highest BCUT2D eigenvalue weighted by atomic mass is 16.5. The van der Waals surface area contributed by atoms with Crippen LogP contribution in [0.15, 0.2) is 45.9 Å². The molecule has 1 aliphatic rings. The van der Waals surface area contributed by atoms with Crippen molar-refractivity contribution in [3.63, 3.8) is 0 Å². The zero-order chi connectivity index (χ0) is 22.3. The molecule has 1 atom stereocenters. The molecule has 6 heteroatoms. The van der Waals surface area contributed by atoms with Gasteiger partial charge in [0.1, 0.15) is 0 Å². The minimum atomic E-state index is -0.403. The van der Waals surface area contributed by atoms with Crippen molar-refractivity contribution in [3.8, 4) is 5.75 Å². The summed E-state index contributed by atoms with van der Waals surface area (Å²) in [5.74, 6) is 0.831. The molecular formula is C25H29N3O3. The topological polar surface area (TPSA) is 67.1 Å². The first kappa shape index (κ1) is 21.0. The fourth-order valence-corrected chi connectivity index (χ4v) is 4.40. The molecule has 1 amide bonds. The number of aryl methyl sites for hydroxylation is 1. The van der Waals surface area contributed by atoms with Crippen LogP contribution >= 0.6 is 0 Å². The lowest BCUT2D eigenvalue weighted by Crippen LogP contribution is -2.45. The number of methoxy groups -OCH3 is 1. The number of nitrogens with one attached hydrogen (secondary N) is 1. The zero-order valence-corrected chi connectivity index (χ0v) is 18.9. The summed E-state index contributed by atoms with van der Waals surface area (Å²) in [5, 5.41) is 4.99. The summed E-state index contributed by atoms with van der Waals surface area (Å²) in [6.45, 7) is 8.89. The molecule has 0 saturated heterocycles. The van der Waals surface area contributed by atoms with E-state index in [0.717, 1.165) is 22.9 Å². The maximum atomic E-state index is 12.5. The van der Waals surface area contributed by atoms with Crippen LogP contribution < -0.4 is 15.1 Å². The Hall–Kier alpha value is -3.28. The van der Waals surface area contributed by atoms with Crippen LogP contribution in [0.25, 0.3) is 11.0 Å². The second-order valence-corrected chi connectivity index (χ2v) is 8.93. The molecule has 162 valence electrons. The molecule has 2 heterocycles. The van der Waals surface area contributed by atoms with E-state index < -0.39 is 5.91 Å². The third kappa shape index (κ3) is 3.78. The molecule has 4 rings (SSSR count). The smallest absolute Gasteiger partial charge is 0.307 e. The third-order valence-corrected chi connectivity index (χ3v) is 6.34. The number of furan rings is 1. The van der Waals surface area contributed by atoms with E-state index in [1.54, 1.807) is 25.5 Å². The number of amides is 1. The predicted molar refractivity (Wildman–Crippen MR) is 125 cm³/mol. The van der Waals surface area contributed by atoms with Crippen LogP contribution in [-0.4, -0.2) is 31.8 Å². The van der Waals surface area contributed by atoms with E-state index in [9.17, 15) is 4.79 Å². The van der Waals surface area contributed by atoms with Crippen molar-refractivity contribution in [3.05, 3.63) is 58.8 Å². The van der Waals surface area contributed by atoms with Crippen molar-refractivity contribution >= 4 is 28.8 Å². The van der Waals surface area contributed by atoms with Crippen LogP contribution in [-0.2, 0) is 0 Å².